The molecule has 12 heteroatoms. The zero-order valence-electron chi connectivity index (χ0n) is 24.1. The Balaban J connectivity index is 1.42. The molecule has 3 saturated heterocycles. The van der Waals surface area contributed by atoms with Crippen LogP contribution in [0.5, 0.6) is 5.75 Å². The van der Waals surface area contributed by atoms with Crippen molar-refractivity contribution in [3.63, 3.8) is 0 Å². The van der Waals surface area contributed by atoms with Crippen molar-refractivity contribution in [2.75, 3.05) is 25.5 Å². The Morgan fingerprint density at radius 2 is 1.70 bits per heavy atom. The lowest BCUT2D eigenvalue weighted by Crippen LogP contribution is -2.65. The molecule has 1 spiro atoms. The van der Waals surface area contributed by atoms with Gasteiger partial charge in [0.15, 0.2) is 5.11 Å². The number of hydrogen-bond donors (Lipinski definition) is 2. The molecule has 1 aromatic heterocycles. The third kappa shape index (κ3) is 4.90. The summed E-state index contributed by atoms with van der Waals surface area (Å²) >= 11 is 5.60. The first-order chi connectivity index (χ1) is 20.0. The van der Waals surface area contributed by atoms with Crippen LogP contribution in [0.2, 0.25) is 0 Å². The van der Waals surface area contributed by atoms with Gasteiger partial charge in [0.2, 0.25) is 0 Å². The van der Waals surface area contributed by atoms with Crippen LogP contribution in [0, 0.1) is 17.3 Å². The Labute approximate surface area is 251 Å². The fraction of sp³-hybridized carbons (Fsp3) is 0.484. The summed E-state index contributed by atoms with van der Waals surface area (Å²) in [5.74, 6) is 1.53. The van der Waals surface area contributed by atoms with E-state index < -0.39 is 40.7 Å². The maximum atomic E-state index is 13.5. The van der Waals surface area contributed by atoms with E-state index in [-0.39, 0.29) is 16.6 Å². The molecule has 1 aliphatic carbocycles. The molecular weight excluding hydrogens is 590 g/mol. The molecule has 7 rings (SSSR count). The number of hydrogen-bond acceptors (Lipinski definition) is 4. The highest BCUT2D eigenvalue weighted by Gasteiger charge is 2.61. The van der Waals surface area contributed by atoms with Crippen molar-refractivity contribution in [1.29, 1.82) is 0 Å². The number of benzene rings is 2. The van der Waals surface area contributed by atoms with E-state index in [1.54, 1.807) is 13.3 Å². The van der Waals surface area contributed by atoms with Crippen LogP contribution in [0.15, 0.2) is 42.6 Å². The molecule has 0 amide bonds. The summed E-state index contributed by atoms with van der Waals surface area (Å²) in [5, 5.41) is 6.82. The first kappa shape index (κ1) is 29.9. The van der Waals surface area contributed by atoms with Crippen LogP contribution in [0.3, 0.4) is 0 Å². The van der Waals surface area contributed by atoms with E-state index in [0.717, 1.165) is 48.0 Å². The lowest BCUT2D eigenvalue weighted by molar-refractivity contribution is -0.143. The van der Waals surface area contributed by atoms with Crippen LogP contribution in [0.4, 0.5) is 32.0 Å². The average molecular weight is 623 g/mol. The lowest BCUT2D eigenvalue weighted by Gasteiger charge is -2.61. The summed E-state index contributed by atoms with van der Waals surface area (Å²) in [7, 11) is 1.62. The van der Waals surface area contributed by atoms with Crippen molar-refractivity contribution in [2.24, 2.45) is 17.3 Å². The summed E-state index contributed by atoms with van der Waals surface area (Å²) in [6.45, 7) is 8.41. The van der Waals surface area contributed by atoms with Crippen LogP contribution >= 0.6 is 12.2 Å². The Bertz CT molecular complexity index is 1570. The van der Waals surface area contributed by atoms with Crippen LogP contribution < -0.4 is 15.4 Å². The van der Waals surface area contributed by atoms with Gasteiger partial charge >= 0.3 is 12.4 Å². The lowest BCUT2D eigenvalue weighted by atomic mass is 9.59. The zero-order chi connectivity index (χ0) is 31.1. The van der Waals surface area contributed by atoms with Crippen LogP contribution in [-0.4, -0.2) is 35.2 Å². The molecule has 4 heterocycles. The summed E-state index contributed by atoms with van der Waals surface area (Å²) in [4.78, 5) is 7.06. The van der Waals surface area contributed by atoms with E-state index in [9.17, 15) is 26.3 Å². The minimum Gasteiger partial charge on any atom is -0.496 e. The Morgan fingerprint density at radius 1 is 1.02 bits per heavy atom. The van der Waals surface area contributed by atoms with Crippen molar-refractivity contribution in [3.8, 4) is 5.75 Å². The van der Waals surface area contributed by atoms with E-state index in [0.29, 0.717) is 29.7 Å². The van der Waals surface area contributed by atoms with Crippen LogP contribution in [0.1, 0.15) is 61.9 Å². The second kappa shape index (κ2) is 9.95. The molecule has 2 N–H and O–H groups in total. The highest BCUT2D eigenvalue weighted by Crippen LogP contribution is 2.63. The third-order valence-corrected chi connectivity index (χ3v) is 9.69. The fourth-order valence-corrected chi connectivity index (χ4v) is 7.93. The summed E-state index contributed by atoms with van der Waals surface area (Å²) in [6, 6.07) is 6.61. The van der Waals surface area contributed by atoms with Crippen molar-refractivity contribution in [3.05, 3.63) is 64.8 Å². The number of piperidine rings is 3. The Morgan fingerprint density at radius 3 is 2.26 bits per heavy atom. The predicted molar refractivity (Wildman–Crippen MR) is 156 cm³/mol. The summed E-state index contributed by atoms with van der Waals surface area (Å²) in [6.07, 6.45) is -6.44. The number of thiocarbonyl (C=S) groups is 1. The molecule has 43 heavy (non-hydrogen) atoms. The molecule has 5 nitrogen and oxygen atoms in total. The number of fused-ring (bicyclic) bond motifs is 2. The number of anilines is 1. The second-order valence-electron chi connectivity index (χ2n) is 12.9. The molecule has 4 aliphatic rings. The number of ether oxygens (including phenoxy) is 1. The minimum atomic E-state index is -4.97. The number of nitrogens with zero attached hydrogens (tertiary/aromatic N) is 2. The van der Waals surface area contributed by atoms with Gasteiger partial charge in [-0.3, -0.25) is 9.88 Å². The van der Waals surface area contributed by atoms with Gasteiger partial charge in [-0.15, -0.1) is 0 Å². The van der Waals surface area contributed by atoms with Crippen molar-refractivity contribution in [1.82, 2.24) is 15.2 Å². The minimum absolute atomic E-state index is 0.0769. The number of alkyl halides is 6. The molecular formula is C31H32F6N4OS. The largest absolute Gasteiger partial charge is 0.496 e. The molecule has 230 valence electrons. The molecule has 5 atom stereocenters. The van der Waals surface area contributed by atoms with Gasteiger partial charge in [0.25, 0.3) is 0 Å². The van der Waals surface area contributed by atoms with Gasteiger partial charge in [-0.1, -0.05) is 20.8 Å². The van der Waals surface area contributed by atoms with Crippen LogP contribution in [0.25, 0.3) is 10.9 Å². The number of pyridine rings is 1. The third-order valence-electron chi connectivity index (χ3n) is 9.47. The molecule has 2 aromatic carbocycles. The molecule has 2 bridgehead atoms. The summed E-state index contributed by atoms with van der Waals surface area (Å²) in [5.41, 5.74) is -1.10. The number of halogens is 6. The first-order valence-electron chi connectivity index (χ1n) is 14.1. The van der Waals surface area contributed by atoms with Gasteiger partial charge in [0, 0.05) is 29.4 Å². The Hall–Kier alpha value is -3.12. The highest BCUT2D eigenvalue weighted by atomic mass is 32.1. The fourth-order valence-electron chi connectivity index (χ4n) is 7.70. The van der Waals surface area contributed by atoms with Gasteiger partial charge in [0.1, 0.15) is 5.75 Å². The van der Waals surface area contributed by atoms with Crippen molar-refractivity contribution in [2.45, 2.75) is 57.5 Å². The predicted octanol–water partition coefficient (Wildman–Crippen LogP) is 7.91. The standard InChI is InChI=1S/C31H32F6N4OS/c1-28(2,3)21-15-41-10-8-16(21)14-29(41)25-23(42-4)6-5-22-24(25)20(7-9-38-22)26(29)40-27(43)39-19-12-17(30(32,33)34)11-18(13-19)31(35,36)37/h5-7,9,11-13,16,21,26H,8,10,14-15H2,1-4H3,(H2,39,40,43)/t16?,21?,26-,29?/m0/s1. The quantitative estimate of drug-likeness (QED) is 0.229. The monoisotopic (exact) mass is 622 g/mol. The van der Waals surface area contributed by atoms with Gasteiger partial charge in [0.05, 0.1) is 35.3 Å². The molecule has 4 unspecified atom stereocenters. The number of aromatic nitrogens is 1. The van der Waals surface area contributed by atoms with Gasteiger partial charge in [-0.25, -0.2) is 0 Å². The molecule has 3 fully saturated rings. The maximum absolute atomic E-state index is 13.5. The SMILES string of the molecule is COc1ccc2nccc3c2c1C1(CC2CCN1CC2C(C)(C)C)[C@H]3NC(=S)Nc1cc(C(F)(F)F)cc(C(F)(F)F)c1. The first-order valence-corrected chi connectivity index (χ1v) is 14.5. The second-order valence-corrected chi connectivity index (χ2v) is 13.3. The highest BCUT2D eigenvalue weighted by molar-refractivity contribution is 7.80. The van der Waals surface area contributed by atoms with E-state index >= 15 is 0 Å². The van der Waals surface area contributed by atoms with E-state index in [4.69, 9.17) is 17.0 Å². The maximum Gasteiger partial charge on any atom is 0.416 e. The normalized spacial score (nSPS) is 26.7. The van der Waals surface area contributed by atoms with Crippen LogP contribution in [-0.2, 0) is 17.9 Å². The van der Waals surface area contributed by atoms with E-state index in [2.05, 4.69) is 41.3 Å². The molecule has 3 aromatic rings. The van der Waals surface area contributed by atoms with E-state index in [1.807, 2.05) is 18.2 Å². The van der Waals surface area contributed by atoms with Crippen molar-refractivity contribution >= 4 is 33.9 Å². The molecule has 0 radical (unpaired) electrons. The van der Waals surface area contributed by atoms with Gasteiger partial charge in [-0.05, 0) is 90.8 Å². The van der Waals surface area contributed by atoms with Gasteiger partial charge < -0.3 is 15.4 Å². The number of rotatable bonds is 3. The van der Waals surface area contributed by atoms with Crippen molar-refractivity contribution < 1.29 is 31.1 Å². The number of nitrogens with one attached hydrogen (secondary N) is 2. The Kier molecular flexibility index (Phi) is 6.93. The van der Waals surface area contributed by atoms with Gasteiger partial charge in [-0.2, -0.15) is 26.3 Å². The average Bonchev–Trinajstić information content (AvgIpc) is 3.18. The topological polar surface area (TPSA) is 49.4 Å². The molecule has 3 aliphatic heterocycles. The zero-order valence-corrected chi connectivity index (χ0v) is 24.9. The van der Waals surface area contributed by atoms with E-state index in [1.165, 1.54) is 0 Å². The number of methoxy groups -OCH3 is 1. The molecule has 0 saturated carbocycles. The summed E-state index contributed by atoms with van der Waals surface area (Å²) < 4.78 is 87.1. The smallest absolute Gasteiger partial charge is 0.416 e.